The highest BCUT2D eigenvalue weighted by atomic mass is 35.5. The van der Waals surface area contributed by atoms with Gasteiger partial charge in [0.15, 0.2) is 10.8 Å². The minimum atomic E-state index is -3.08. The first kappa shape index (κ1) is 30.5. The van der Waals surface area contributed by atoms with E-state index in [0.717, 1.165) is 0 Å². The average molecular weight is 626 g/mol. The van der Waals surface area contributed by atoms with Crippen LogP contribution >= 0.6 is 22.9 Å². The minimum absolute atomic E-state index is 0.0372. The number of carboxylic acid groups (broad SMARTS) is 1. The molecular formula is C28H31ClF3N5O4S. The minimum Gasteiger partial charge on any atom is -0.481 e. The standard InChI is InChI=1S/C28H31ClF3N5O4S/c1-27(2,26(39)40)8-11-36-10-7-18-22(36)28(31,32)14-37(18)13-17-19(25(38)41-3)21(15-5-4-6-16(30)20(15)29)35-23(34-17)24-33-9-12-42-24/h4-6,9,12,18,21-22H,7-8,10-11,13-14H2,1-3H3,(H,34,35)(H,39,40). The summed E-state index contributed by atoms with van der Waals surface area (Å²) in [5.74, 6) is -5.20. The molecule has 4 heterocycles. The Kier molecular flexibility index (Phi) is 8.40. The van der Waals surface area contributed by atoms with Crippen molar-refractivity contribution < 1.29 is 32.6 Å². The lowest BCUT2D eigenvalue weighted by molar-refractivity contribution is -0.147. The molecule has 0 bridgehead atoms. The maximum absolute atomic E-state index is 15.6. The van der Waals surface area contributed by atoms with Gasteiger partial charge in [-0.3, -0.25) is 19.6 Å². The number of rotatable bonds is 9. The highest BCUT2D eigenvalue weighted by Gasteiger charge is 2.59. The number of benzene rings is 1. The molecule has 2 saturated heterocycles. The van der Waals surface area contributed by atoms with Crippen LogP contribution in [-0.4, -0.2) is 89.0 Å². The van der Waals surface area contributed by atoms with Crippen molar-refractivity contribution in [3.05, 3.63) is 62.5 Å². The van der Waals surface area contributed by atoms with Crippen molar-refractivity contribution >= 4 is 40.7 Å². The van der Waals surface area contributed by atoms with Gasteiger partial charge in [-0.15, -0.1) is 11.3 Å². The summed E-state index contributed by atoms with van der Waals surface area (Å²) in [6.07, 6.45) is 2.25. The van der Waals surface area contributed by atoms with Crippen molar-refractivity contribution in [3.63, 3.8) is 0 Å². The molecule has 3 atom stereocenters. The van der Waals surface area contributed by atoms with E-state index in [-0.39, 0.29) is 41.4 Å². The number of halogens is 4. The normalized spacial score (nSPS) is 24.4. The van der Waals surface area contributed by atoms with Crippen LogP contribution in [0.3, 0.4) is 0 Å². The Bertz CT molecular complexity index is 1430. The van der Waals surface area contributed by atoms with Crippen molar-refractivity contribution in [1.29, 1.82) is 0 Å². The number of thiazole rings is 1. The molecule has 0 spiro atoms. The number of esters is 1. The zero-order valence-corrected chi connectivity index (χ0v) is 24.8. The fourth-order valence-corrected chi connectivity index (χ4v) is 6.70. The largest absolute Gasteiger partial charge is 0.481 e. The van der Waals surface area contributed by atoms with Gasteiger partial charge in [0.05, 0.1) is 35.7 Å². The molecule has 1 aromatic carbocycles. The van der Waals surface area contributed by atoms with Crippen LogP contribution in [0.2, 0.25) is 5.02 Å². The van der Waals surface area contributed by atoms with Gasteiger partial charge < -0.3 is 15.2 Å². The molecule has 0 aliphatic carbocycles. The second kappa shape index (κ2) is 11.6. The first-order valence-corrected chi connectivity index (χ1v) is 14.7. The summed E-state index contributed by atoms with van der Waals surface area (Å²) in [5, 5.41) is 14.6. The molecule has 2 fully saturated rings. The van der Waals surface area contributed by atoms with Gasteiger partial charge in [-0.05, 0) is 39.3 Å². The van der Waals surface area contributed by atoms with E-state index < -0.39 is 53.8 Å². The number of carbonyl (C=O) groups excluding carboxylic acids is 1. The summed E-state index contributed by atoms with van der Waals surface area (Å²) in [7, 11) is 1.20. The molecule has 1 aromatic heterocycles. The lowest BCUT2D eigenvalue weighted by Crippen LogP contribution is -2.46. The quantitative estimate of drug-likeness (QED) is 0.396. The van der Waals surface area contributed by atoms with Gasteiger partial charge in [-0.25, -0.2) is 22.9 Å². The Morgan fingerprint density at radius 1 is 1.31 bits per heavy atom. The van der Waals surface area contributed by atoms with Crippen LogP contribution in [0.1, 0.15) is 43.3 Å². The number of carboxylic acids is 1. The summed E-state index contributed by atoms with van der Waals surface area (Å²) < 4.78 is 50.8. The Morgan fingerprint density at radius 2 is 2.07 bits per heavy atom. The number of hydrogen-bond donors (Lipinski definition) is 2. The van der Waals surface area contributed by atoms with E-state index in [1.54, 1.807) is 41.3 Å². The van der Waals surface area contributed by atoms with Crippen LogP contribution in [0, 0.1) is 11.2 Å². The number of nitrogens with one attached hydrogen (secondary N) is 1. The Balaban J connectivity index is 1.49. The number of aliphatic carboxylic acids is 1. The number of alkyl halides is 2. The summed E-state index contributed by atoms with van der Waals surface area (Å²) in [6.45, 7) is 3.15. The van der Waals surface area contributed by atoms with Gasteiger partial charge in [0, 0.05) is 42.0 Å². The highest BCUT2D eigenvalue weighted by Crippen LogP contribution is 2.43. The van der Waals surface area contributed by atoms with Crippen LogP contribution in [0.5, 0.6) is 0 Å². The number of amidine groups is 1. The number of fused-ring (bicyclic) bond motifs is 1. The number of nitrogens with zero attached hydrogens (tertiary/aromatic N) is 4. The van der Waals surface area contributed by atoms with Gasteiger partial charge in [0.2, 0.25) is 0 Å². The Labute approximate surface area is 250 Å². The molecule has 3 aliphatic rings. The van der Waals surface area contributed by atoms with E-state index in [4.69, 9.17) is 16.3 Å². The highest BCUT2D eigenvalue weighted by molar-refractivity contribution is 7.11. The van der Waals surface area contributed by atoms with E-state index in [9.17, 15) is 19.1 Å². The Hall–Kier alpha value is -3.00. The number of carbonyl (C=O) groups is 2. The van der Waals surface area contributed by atoms with Crippen molar-refractivity contribution in [1.82, 2.24) is 20.1 Å². The SMILES string of the molecule is COC(=O)C1=C(CN2CC(F)(F)C3C2CCN3CCC(C)(C)C(=O)O)NC(c2nccs2)=NC1c1cccc(F)c1Cl. The topological polar surface area (TPSA) is 107 Å². The van der Waals surface area contributed by atoms with Gasteiger partial charge in [-0.1, -0.05) is 23.7 Å². The molecule has 0 radical (unpaired) electrons. The summed E-state index contributed by atoms with van der Waals surface area (Å²) in [5.41, 5.74) is -0.497. The zero-order valence-electron chi connectivity index (χ0n) is 23.2. The third-order valence-electron chi connectivity index (χ3n) is 8.19. The Morgan fingerprint density at radius 3 is 2.74 bits per heavy atom. The van der Waals surface area contributed by atoms with Crippen LogP contribution in [-0.2, 0) is 14.3 Å². The molecule has 0 saturated carbocycles. The van der Waals surface area contributed by atoms with Crippen molar-refractivity contribution in [2.24, 2.45) is 10.4 Å². The molecule has 2 N–H and O–H groups in total. The third-order valence-corrected chi connectivity index (χ3v) is 9.37. The van der Waals surface area contributed by atoms with Gasteiger partial charge in [0.25, 0.3) is 5.92 Å². The van der Waals surface area contributed by atoms with Gasteiger partial charge >= 0.3 is 11.9 Å². The van der Waals surface area contributed by atoms with E-state index >= 15 is 8.78 Å². The van der Waals surface area contributed by atoms with Crippen LogP contribution in [0.15, 0.2) is 46.0 Å². The number of aliphatic imine (C=N–C) groups is 1. The average Bonchev–Trinajstić information content (AvgIpc) is 3.67. The van der Waals surface area contributed by atoms with E-state index in [0.29, 0.717) is 23.8 Å². The molecule has 5 rings (SSSR count). The maximum atomic E-state index is 15.6. The maximum Gasteiger partial charge on any atom is 0.338 e. The fraction of sp³-hybridized carbons (Fsp3) is 0.500. The van der Waals surface area contributed by atoms with Crippen molar-refractivity contribution in [3.8, 4) is 0 Å². The van der Waals surface area contributed by atoms with E-state index in [1.807, 2.05) is 0 Å². The molecule has 14 heteroatoms. The lowest BCUT2D eigenvalue weighted by atomic mass is 9.89. The van der Waals surface area contributed by atoms with Gasteiger partial charge in [-0.2, -0.15) is 0 Å². The summed E-state index contributed by atoms with van der Waals surface area (Å²) in [6, 6.07) is 1.48. The molecule has 9 nitrogen and oxygen atoms in total. The third kappa shape index (κ3) is 5.67. The van der Waals surface area contributed by atoms with Gasteiger partial charge in [0.1, 0.15) is 11.9 Å². The number of likely N-dealkylation sites (tertiary alicyclic amines) is 2. The molecule has 3 aliphatic heterocycles. The molecule has 42 heavy (non-hydrogen) atoms. The monoisotopic (exact) mass is 625 g/mol. The number of ether oxygens (including phenoxy) is 1. The first-order valence-electron chi connectivity index (χ1n) is 13.4. The molecule has 2 aromatic rings. The van der Waals surface area contributed by atoms with Crippen molar-refractivity contribution in [2.75, 3.05) is 33.3 Å². The zero-order chi connectivity index (χ0) is 30.4. The fourth-order valence-electron chi connectivity index (χ4n) is 5.88. The van der Waals surface area contributed by atoms with Crippen LogP contribution in [0.4, 0.5) is 13.2 Å². The van der Waals surface area contributed by atoms with Crippen LogP contribution in [0.25, 0.3) is 0 Å². The summed E-state index contributed by atoms with van der Waals surface area (Å²) in [4.78, 5) is 37.1. The number of aromatic nitrogens is 1. The van der Waals surface area contributed by atoms with E-state index in [1.165, 1.54) is 30.6 Å². The molecule has 0 amide bonds. The second-order valence-corrected chi connectivity index (χ2v) is 12.6. The number of methoxy groups -OCH3 is 1. The molecular weight excluding hydrogens is 595 g/mol. The smallest absolute Gasteiger partial charge is 0.338 e. The second-order valence-electron chi connectivity index (χ2n) is 11.3. The number of hydrogen-bond acceptors (Lipinski definition) is 9. The molecule has 3 unspecified atom stereocenters. The van der Waals surface area contributed by atoms with Crippen molar-refractivity contribution in [2.45, 2.75) is 50.7 Å². The predicted molar refractivity (Wildman–Crippen MR) is 151 cm³/mol. The molecule has 226 valence electrons. The predicted octanol–water partition coefficient (Wildman–Crippen LogP) is 4.35. The first-order chi connectivity index (χ1) is 19.8. The lowest BCUT2D eigenvalue weighted by Gasteiger charge is -2.31. The van der Waals surface area contributed by atoms with E-state index in [2.05, 4.69) is 15.3 Å². The summed E-state index contributed by atoms with van der Waals surface area (Å²) >= 11 is 7.62. The van der Waals surface area contributed by atoms with Crippen LogP contribution < -0.4 is 5.32 Å².